The molecule has 3 nitrogen and oxygen atoms in total. The van der Waals surface area contributed by atoms with Gasteiger partial charge >= 0.3 is 0 Å². The molecule has 2 heterocycles. The first-order valence-corrected chi connectivity index (χ1v) is 8.65. The number of nitrogens with one attached hydrogen (secondary N) is 1. The lowest BCUT2D eigenvalue weighted by Gasteiger charge is -2.29. The number of hydrogen-bond acceptors (Lipinski definition) is 3. The van der Waals surface area contributed by atoms with Gasteiger partial charge in [0.2, 0.25) is 0 Å². The van der Waals surface area contributed by atoms with Crippen molar-refractivity contribution in [3.05, 3.63) is 53.1 Å². The summed E-state index contributed by atoms with van der Waals surface area (Å²) in [6, 6.07) is 14.4. The van der Waals surface area contributed by atoms with E-state index in [2.05, 4.69) is 34.5 Å². The molecule has 1 atom stereocenters. The van der Waals surface area contributed by atoms with Crippen LogP contribution in [0.15, 0.2) is 42.5 Å². The van der Waals surface area contributed by atoms with Gasteiger partial charge in [-0.3, -0.25) is 4.90 Å². The number of nitrogens with zero attached hydrogens (tertiary/aromatic N) is 1. The largest absolute Gasteiger partial charge is 0.488 e. The number of halogens is 1. The first-order valence-electron chi connectivity index (χ1n) is 8.27. The molecular weight excluding hydrogens is 308 g/mol. The summed E-state index contributed by atoms with van der Waals surface area (Å²) in [6.45, 7) is 5.38. The fraction of sp³-hybridized carbons (Fsp3) is 0.368. The van der Waals surface area contributed by atoms with E-state index in [1.54, 1.807) is 0 Å². The molecule has 2 aromatic rings. The molecule has 120 valence electrons. The van der Waals surface area contributed by atoms with Gasteiger partial charge in [0.1, 0.15) is 11.9 Å². The lowest BCUT2D eigenvalue weighted by molar-refractivity contribution is 0.140. The summed E-state index contributed by atoms with van der Waals surface area (Å²) in [6.07, 6.45) is 1.25. The van der Waals surface area contributed by atoms with Gasteiger partial charge in [0.05, 0.1) is 0 Å². The van der Waals surface area contributed by atoms with Crippen molar-refractivity contribution in [2.75, 3.05) is 32.7 Å². The first kappa shape index (κ1) is 15.0. The number of hydrogen-bond donors (Lipinski definition) is 1. The molecule has 0 amide bonds. The second-order valence-electron chi connectivity index (χ2n) is 6.30. The SMILES string of the molecule is Clc1cccc(-c2cccc3c2OC(CN2CCNCC2)C3)c1. The molecule has 0 radical (unpaired) electrons. The van der Waals surface area contributed by atoms with E-state index >= 15 is 0 Å². The van der Waals surface area contributed by atoms with Crippen molar-refractivity contribution in [1.29, 1.82) is 0 Å². The molecule has 1 unspecified atom stereocenters. The van der Waals surface area contributed by atoms with E-state index < -0.39 is 0 Å². The molecule has 2 aromatic carbocycles. The van der Waals surface area contributed by atoms with Crippen molar-refractivity contribution in [3.8, 4) is 16.9 Å². The van der Waals surface area contributed by atoms with Crippen molar-refractivity contribution < 1.29 is 4.74 Å². The molecule has 23 heavy (non-hydrogen) atoms. The van der Waals surface area contributed by atoms with Gasteiger partial charge in [0, 0.05) is 49.7 Å². The van der Waals surface area contributed by atoms with E-state index in [1.165, 1.54) is 5.56 Å². The van der Waals surface area contributed by atoms with Gasteiger partial charge in [-0.15, -0.1) is 0 Å². The second kappa shape index (κ2) is 6.52. The maximum absolute atomic E-state index is 6.33. The van der Waals surface area contributed by atoms with Crippen LogP contribution in [0.5, 0.6) is 5.75 Å². The standard InChI is InChI=1S/C19H21ClN2O/c20-16-5-1-3-14(11-16)18-6-2-4-15-12-17(23-19(15)18)13-22-9-7-21-8-10-22/h1-6,11,17,21H,7-10,12-13H2. The molecular formula is C19H21ClN2O. The maximum atomic E-state index is 6.33. The van der Waals surface area contributed by atoms with Gasteiger partial charge < -0.3 is 10.1 Å². The summed E-state index contributed by atoms with van der Waals surface area (Å²) in [5.41, 5.74) is 3.58. The summed E-state index contributed by atoms with van der Waals surface area (Å²) in [5.74, 6) is 1.04. The predicted octanol–water partition coefficient (Wildman–Crippen LogP) is 3.22. The molecule has 0 bridgehead atoms. The Balaban J connectivity index is 1.55. The molecule has 0 aromatic heterocycles. The number of rotatable bonds is 3. The summed E-state index contributed by atoms with van der Waals surface area (Å²) in [7, 11) is 0. The highest BCUT2D eigenvalue weighted by Crippen LogP contribution is 2.39. The Kier molecular flexibility index (Phi) is 4.25. The lowest BCUT2D eigenvalue weighted by Crippen LogP contribution is -2.47. The molecule has 0 aliphatic carbocycles. The minimum atomic E-state index is 0.253. The molecule has 0 spiro atoms. The normalized spacial score (nSPS) is 21.0. The third-order valence-electron chi connectivity index (χ3n) is 4.64. The van der Waals surface area contributed by atoms with Crippen LogP contribution >= 0.6 is 11.6 Å². The van der Waals surface area contributed by atoms with Crippen molar-refractivity contribution in [2.45, 2.75) is 12.5 Å². The van der Waals surface area contributed by atoms with E-state index in [4.69, 9.17) is 16.3 Å². The van der Waals surface area contributed by atoms with Crippen LogP contribution in [0.1, 0.15) is 5.56 Å². The van der Waals surface area contributed by atoms with Crippen LogP contribution in [0.4, 0.5) is 0 Å². The van der Waals surface area contributed by atoms with E-state index in [-0.39, 0.29) is 6.10 Å². The third kappa shape index (κ3) is 3.23. The van der Waals surface area contributed by atoms with Crippen LogP contribution in [0.25, 0.3) is 11.1 Å². The fourth-order valence-corrected chi connectivity index (χ4v) is 3.70. The molecule has 1 fully saturated rings. The molecule has 1 N–H and O–H groups in total. The fourth-order valence-electron chi connectivity index (χ4n) is 3.51. The van der Waals surface area contributed by atoms with Gasteiger partial charge in [-0.25, -0.2) is 0 Å². The maximum Gasteiger partial charge on any atom is 0.130 e. The molecule has 2 aliphatic rings. The van der Waals surface area contributed by atoms with E-state index in [1.807, 2.05) is 18.2 Å². The zero-order chi connectivity index (χ0) is 15.6. The van der Waals surface area contributed by atoms with Gasteiger partial charge in [-0.2, -0.15) is 0 Å². The van der Waals surface area contributed by atoms with E-state index in [0.717, 1.165) is 61.0 Å². The van der Waals surface area contributed by atoms with E-state index in [0.29, 0.717) is 0 Å². The van der Waals surface area contributed by atoms with Gasteiger partial charge in [0.15, 0.2) is 0 Å². The minimum Gasteiger partial charge on any atom is -0.488 e. The molecule has 4 rings (SSSR count). The number of fused-ring (bicyclic) bond motifs is 1. The van der Waals surface area contributed by atoms with Gasteiger partial charge in [0.25, 0.3) is 0 Å². The van der Waals surface area contributed by atoms with Crippen molar-refractivity contribution in [1.82, 2.24) is 10.2 Å². The van der Waals surface area contributed by atoms with Crippen LogP contribution in [-0.2, 0) is 6.42 Å². The summed E-state index contributed by atoms with van der Waals surface area (Å²) in [5, 5.41) is 4.16. The highest BCUT2D eigenvalue weighted by atomic mass is 35.5. The highest BCUT2D eigenvalue weighted by molar-refractivity contribution is 6.30. The van der Waals surface area contributed by atoms with Crippen LogP contribution in [0, 0.1) is 0 Å². The Bertz CT molecular complexity index is 698. The molecule has 2 aliphatic heterocycles. The number of benzene rings is 2. The van der Waals surface area contributed by atoms with Gasteiger partial charge in [-0.05, 0) is 23.3 Å². The summed E-state index contributed by atoms with van der Waals surface area (Å²) in [4.78, 5) is 2.49. The zero-order valence-corrected chi connectivity index (χ0v) is 13.9. The van der Waals surface area contributed by atoms with E-state index in [9.17, 15) is 0 Å². The van der Waals surface area contributed by atoms with Crippen LogP contribution < -0.4 is 10.1 Å². The van der Waals surface area contributed by atoms with Crippen LogP contribution in [0.3, 0.4) is 0 Å². The third-order valence-corrected chi connectivity index (χ3v) is 4.87. The van der Waals surface area contributed by atoms with Crippen LogP contribution in [0.2, 0.25) is 5.02 Å². The highest BCUT2D eigenvalue weighted by Gasteiger charge is 2.27. The van der Waals surface area contributed by atoms with Crippen molar-refractivity contribution >= 4 is 11.6 Å². The Hall–Kier alpha value is -1.55. The predicted molar refractivity (Wildman–Crippen MR) is 94.3 cm³/mol. The number of piperazine rings is 1. The van der Waals surface area contributed by atoms with Crippen molar-refractivity contribution in [2.24, 2.45) is 0 Å². The monoisotopic (exact) mass is 328 g/mol. The molecule has 0 saturated carbocycles. The molecule has 1 saturated heterocycles. The lowest BCUT2D eigenvalue weighted by atomic mass is 10.0. The second-order valence-corrected chi connectivity index (χ2v) is 6.74. The van der Waals surface area contributed by atoms with Crippen molar-refractivity contribution in [3.63, 3.8) is 0 Å². The quantitative estimate of drug-likeness (QED) is 0.936. The Morgan fingerprint density at radius 1 is 1.13 bits per heavy atom. The average Bonchev–Trinajstić information content (AvgIpc) is 2.98. The smallest absolute Gasteiger partial charge is 0.130 e. The number of ether oxygens (including phenoxy) is 1. The Morgan fingerprint density at radius 3 is 2.78 bits per heavy atom. The minimum absolute atomic E-state index is 0.253. The van der Waals surface area contributed by atoms with Crippen LogP contribution in [-0.4, -0.2) is 43.7 Å². The van der Waals surface area contributed by atoms with Gasteiger partial charge in [-0.1, -0.05) is 41.9 Å². The summed E-state index contributed by atoms with van der Waals surface area (Å²) < 4.78 is 6.33. The topological polar surface area (TPSA) is 24.5 Å². The number of para-hydroxylation sites is 1. The average molecular weight is 329 g/mol. The molecule has 4 heteroatoms. The zero-order valence-electron chi connectivity index (χ0n) is 13.1. The first-order chi connectivity index (χ1) is 11.3. The summed E-state index contributed by atoms with van der Waals surface area (Å²) >= 11 is 6.15. The Labute approximate surface area is 142 Å². The Morgan fingerprint density at radius 2 is 1.96 bits per heavy atom.